The van der Waals surface area contributed by atoms with E-state index in [0.29, 0.717) is 11.3 Å². The summed E-state index contributed by atoms with van der Waals surface area (Å²) in [6, 6.07) is 11.0. The molecule has 152 valence electrons. The molecule has 0 N–H and O–H groups in total. The molecule has 28 heavy (non-hydrogen) atoms. The van der Waals surface area contributed by atoms with Gasteiger partial charge < -0.3 is 14.7 Å². The molecule has 1 aromatic carbocycles. The van der Waals surface area contributed by atoms with Crippen LogP contribution >= 0.6 is 0 Å². The first-order valence-electron chi connectivity index (χ1n) is 11.5. The van der Waals surface area contributed by atoms with E-state index in [9.17, 15) is 4.79 Å². The lowest BCUT2D eigenvalue weighted by Gasteiger charge is -2.30. The van der Waals surface area contributed by atoms with Gasteiger partial charge in [0.15, 0.2) is 0 Å². The molecule has 4 heteroatoms. The zero-order valence-corrected chi connectivity index (χ0v) is 17.2. The minimum Gasteiger partial charge on any atom is -0.341 e. The molecule has 3 aliphatic heterocycles. The summed E-state index contributed by atoms with van der Waals surface area (Å²) in [6.45, 7) is 9.37. The predicted molar refractivity (Wildman–Crippen MR) is 112 cm³/mol. The van der Waals surface area contributed by atoms with E-state index in [1.165, 1.54) is 64.0 Å². The van der Waals surface area contributed by atoms with Gasteiger partial charge in [-0.15, -0.1) is 0 Å². The summed E-state index contributed by atoms with van der Waals surface area (Å²) in [4.78, 5) is 19.5. The maximum absolute atomic E-state index is 11.9. The molecule has 1 amide bonds. The monoisotopic (exact) mass is 381 g/mol. The van der Waals surface area contributed by atoms with Crippen molar-refractivity contribution in [1.29, 1.82) is 0 Å². The normalized spacial score (nSPS) is 31.1. The van der Waals surface area contributed by atoms with Crippen molar-refractivity contribution in [3.05, 3.63) is 35.9 Å². The van der Waals surface area contributed by atoms with Crippen LogP contribution in [0.2, 0.25) is 0 Å². The lowest BCUT2D eigenvalue weighted by Crippen LogP contribution is -2.39. The van der Waals surface area contributed by atoms with Crippen LogP contribution in [0.25, 0.3) is 0 Å². The predicted octanol–water partition coefficient (Wildman–Crippen LogP) is 2.89. The summed E-state index contributed by atoms with van der Waals surface area (Å²) in [6.07, 6.45) is 7.23. The lowest BCUT2D eigenvalue weighted by atomic mass is 9.76. The molecule has 1 aliphatic carbocycles. The molecule has 4 fully saturated rings. The number of hydrogen-bond donors (Lipinski definition) is 0. The molecule has 1 saturated carbocycles. The smallest absolute Gasteiger partial charge is 0.222 e. The molecule has 4 aliphatic rings. The standard InChI is InChI=1S/C24H35N3O/c28-23-7-4-12-27(23)14-13-25-16-22-17-26(15-21-8-9-21)19-24(22,18-25)11-10-20-5-2-1-3-6-20/h1-3,5-6,21-22H,4,7-19H2. The van der Waals surface area contributed by atoms with Crippen molar-refractivity contribution in [3.8, 4) is 0 Å². The molecule has 0 bridgehead atoms. The molecule has 3 saturated heterocycles. The van der Waals surface area contributed by atoms with Gasteiger partial charge in [0, 0.05) is 64.2 Å². The first-order valence-corrected chi connectivity index (χ1v) is 11.5. The number of rotatable bonds is 8. The second-order valence-electron chi connectivity index (χ2n) is 9.90. The maximum atomic E-state index is 11.9. The van der Waals surface area contributed by atoms with E-state index in [1.807, 2.05) is 0 Å². The molecule has 2 unspecified atom stereocenters. The molecule has 3 heterocycles. The molecule has 1 aromatic rings. The first-order chi connectivity index (χ1) is 13.7. The number of carbonyl (C=O) groups excluding carboxylic acids is 1. The number of nitrogens with zero attached hydrogens (tertiary/aromatic N) is 3. The van der Waals surface area contributed by atoms with Crippen molar-refractivity contribution in [2.45, 2.75) is 38.5 Å². The fraction of sp³-hybridized carbons (Fsp3) is 0.708. The largest absolute Gasteiger partial charge is 0.341 e. The van der Waals surface area contributed by atoms with Gasteiger partial charge in [0.25, 0.3) is 0 Å². The Kier molecular flexibility index (Phi) is 5.18. The first kappa shape index (κ1) is 18.6. The van der Waals surface area contributed by atoms with Crippen molar-refractivity contribution >= 4 is 5.91 Å². The van der Waals surface area contributed by atoms with Crippen molar-refractivity contribution in [2.75, 3.05) is 52.4 Å². The number of hydrogen-bond acceptors (Lipinski definition) is 3. The van der Waals surface area contributed by atoms with Crippen LogP contribution in [0, 0.1) is 17.3 Å². The summed E-state index contributed by atoms with van der Waals surface area (Å²) < 4.78 is 0. The van der Waals surface area contributed by atoms with E-state index in [1.54, 1.807) is 0 Å². The summed E-state index contributed by atoms with van der Waals surface area (Å²) in [5.41, 5.74) is 1.94. The maximum Gasteiger partial charge on any atom is 0.222 e. The number of carbonyl (C=O) groups is 1. The van der Waals surface area contributed by atoms with Crippen LogP contribution in [0.4, 0.5) is 0 Å². The van der Waals surface area contributed by atoms with E-state index >= 15 is 0 Å². The van der Waals surface area contributed by atoms with Crippen molar-refractivity contribution in [3.63, 3.8) is 0 Å². The summed E-state index contributed by atoms with van der Waals surface area (Å²) in [7, 11) is 0. The van der Waals surface area contributed by atoms with E-state index in [-0.39, 0.29) is 0 Å². The molecule has 0 radical (unpaired) electrons. The Morgan fingerprint density at radius 3 is 2.54 bits per heavy atom. The topological polar surface area (TPSA) is 26.8 Å². The summed E-state index contributed by atoms with van der Waals surface area (Å²) >= 11 is 0. The van der Waals surface area contributed by atoms with E-state index in [4.69, 9.17) is 0 Å². The highest BCUT2D eigenvalue weighted by Crippen LogP contribution is 2.46. The second-order valence-corrected chi connectivity index (χ2v) is 9.90. The molecular formula is C24H35N3O. The summed E-state index contributed by atoms with van der Waals surface area (Å²) in [5.74, 6) is 2.17. The van der Waals surface area contributed by atoms with Crippen molar-refractivity contribution < 1.29 is 4.79 Å². The highest BCUT2D eigenvalue weighted by atomic mass is 16.2. The van der Waals surface area contributed by atoms with Crippen molar-refractivity contribution in [2.24, 2.45) is 17.3 Å². The van der Waals surface area contributed by atoms with Gasteiger partial charge in [-0.1, -0.05) is 30.3 Å². The molecule has 0 spiro atoms. The zero-order chi connectivity index (χ0) is 19.0. The fourth-order valence-electron chi connectivity index (χ4n) is 5.97. The van der Waals surface area contributed by atoms with Gasteiger partial charge in [0.1, 0.15) is 0 Å². The number of likely N-dealkylation sites (tertiary alicyclic amines) is 3. The fourth-order valence-corrected chi connectivity index (χ4v) is 5.97. The van der Waals surface area contributed by atoms with Gasteiger partial charge in [0.05, 0.1) is 0 Å². The third-order valence-corrected chi connectivity index (χ3v) is 7.73. The van der Waals surface area contributed by atoms with Crippen LogP contribution in [0.3, 0.4) is 0 Å². The lowest BCUT2D eigenvalue weighted by molar-refractivity contribution is -0.127. The Labute approximate surface area is 169 Å². The zero-order valence-electron chi connectivity index (χ0n) is 17.2. The van der Waals surface area contributed by atoms with Crippen LogP contribution < -0.4 is 0 Å². The van der Waals surface area contributed by atoms with E-state index in [0.717, 1.165) is 44.3 Å². The minimum atomic E-state index is 0.369. The van der Waals surface area contributed by atoms with E-state index < -0.39 is 0 Å². The molecule has 2 atom stereocenters. The minimum absolute atomic E-state index is 0.369. The van der Waals surface area contributed by atoms with Crippen LogP contribution in [-0.4, -0.2) is 73.0 Å². The second kappa shape index (κ2) is 7.79. The molecular weight excluding hydrogens is 346 g/mol. The van der Waals surface area contributed by atoms with E-state index in [2.05, 4.69) is 45.0 Å². The average Bonchev–Trinajstić information content (AvgIpc) is 3.17. The quantitative estimate of drug-likeness (QED) is 0.693. The van der Waals surface area contributed by atoms with Gasteiger partial charge >= 0.3 is 0 Å². The Hall–Kier alpha value is -1.39. The van der Waals surface area contributed by atoms with Crippen LogP contribution in [0.5, 0.6) is 0 Å². The Balaban J connectivity index is 1.22. The Morgan fingerprint density at radius 2 is 1.79 bits per heavy atom. The molecule has 4 nitrogen and oxygen atoms in total. The SMILES string of the molecule is O=C1CCCN1CCN1CC2CN(CC3CC3)CC2(CCc2ccccc2)C1. The van der Waals surface area contributed by atoms with Gasteiger partial charge in [0.2, 0.25) is 5.91 Å². The number of fused-ring (bicyclic) bond motifs is 1. The van der Waals surface area contributed by atoms with Gasteiger partial charge in [-0.2, -0.15) is 0 Å². The third kappa shape index (κ3) is 3.99. The van der Waals surface area contributed by atoms with Crippen LogP contribution in [0.15, 0.2) is 30.3 Å². The van der Waals surface area contributed by atoms with Crippen LogP contribution in [0.1, 0.15) is 37.7 Å². The number of amides is 1. The molecule has 0 aromatic heterocycles. The number of benzene rings is 1. The Morgan fingerprint density at radius 1 is 1.00 bits per heavy atom. The van der Waals surface area contributed by atoms with Gasteiger partial charge in [-0.05, 0) is 49.5 Å². The summed E-state index contributed by atoms with van der Waals surface area (Å²) in [5, 5.41) is 0. The van der Waals surface area contributed by atoms with Gasteiger partial charge in [-0.3, -0.25) is 4.79 Å². The highest BCUT2D eigenvalue weighted by Gasteiger charge is 2.52. The highest BCUT2D eigenvalue weighted by molar-refractivity contribution is 5.78. The molecule has 5 rings (SSSR count). The number of aryl methyl sites for hydroxylation is 1. The van der Waals surface area contributed by atoms with Gasteiger partial charge in [-0.25, -0.2) is 0 Å². The average molecular weight is 382 g/mol. The van der Waals surface area contributed by atoms with Crippen molar-refractivity contribution in [1.82, 2.24) is 14.7 Å². The third-order valence-electron chi connectivity index (χ3n) is 7.73. The Bertz CT molecular complexity index is 688. The van der Waals surface area contributed by atoms with Crippen LogP contribution in [-0.2, 0) is 11.2 Å².